The maximum absolute atomic E-state index is 14.9. The minimum Gasteiger partial charge on any atom is -0.382 e. The molecule has 0 aliphatic carbocycles. The number of nitrogens with one attached hydrogen (secondary N) is 1. The van der Waals surface area contributed by atoms with Gasteiger partial charge in [-0.2, -0.15) is 0 Å². The van der Waals surface area contributed by atoms with Crippen LogP contribution in [0.2, 0.25) is 0 Å². The monoisotopic (exact) mass is 706 g/mol. The van der Waals surface area contributed by atoms with Gasteiger partial charge in [-0.05, 0) is 42.0 Å². The average molecular weight is 707 g/mol. The van der Waals surface area contributed by atoms with Gasteiger partial charge in [0.05, 0.1) is 18.3 Å². The highest BCUT2D eigenvalue weighted by Gasteiger charge is 2.40. The third-order valence-corrected chi connectivity index (χ3v) is 8.74. The maximum atomic E-state index is 14.9. The van der Waals surface area contributed by atoms with Gasteiger partial charge in [0, 0.05) is 56.6 Å². The van der Waals surface area contributed by atoms with E-state index in [0.717, 1.165) is 58.6 Å². The van der Waals surface area contributed by atoms with Gasteiger partial charge < -0.3 is 24.6 Å². The van der Waals surface area contributed by atoms with E-state index >= 15 is 0 Å². The van der Waals surface area contributed by atoms with Crippen molar-refractivity contribution >= 4 is 29.9 Å². The smallest absolute Gasteiger partial charge is 0.382 e. The Bertz CT molecular complexity index is 1800. The number of aliphatic hydroxyl groups excluding tert-OH is 1. The maximum Gasteiger partial charge on any atom is 0.420 e. The van der Waals surface area contributed by atoms with Gasteiger partial charge in [0.15, 0.2) is 0 Å². The lowest BCUT2D eigenvalue weighted by Crippen LogP contribution is -2.50. The van der Waals surface area contributed by atoms with E-state index in [2.05, 4.69) is 10.3 Å². The molecular formula is C36H40F2N6O7. The topological polar surface area (TPSA) is 154 Å². The summed E-state index contributed by atoms with van der Waals surface area (Å²) in [6, 6.07) is 12.2. The number of halogens is 2. The molecule has 51 heavy (non-hydrogen) atoms. The molecule has 3 heterocycles. The first kappa shape index (κ1) is 36.8. The fourth-order valence-corrected chi connectivity index (χ4v) is 6.05. The number of nitrogens with zero attached hydrogens (tertiary/aromatic N) is 5. The lowest BCUT2D eigenvalue weighted by molar-refractivity contribution is -0.137. The molecule has 0 radical (unpaired) electrons. The number of likely N-dealkylation sites (tertiary alicyclic amines) is 1. The van der Waals surface area contributed by atoms with E-state index in [1.165, 1.54) is 11.1 Å². The Morgan fingerprint density at radius 3 is 2.33 bits per heavy atom. The van der Waals surface area contributed by atoms with E-state index in [-0.39, 0.29) is 36.7 Å². The van der Waals surface area contributed by atoms with Crippen LogP contribution in [0.5, 0.6) is 0 Å². The molecule has 1 aromatic heterocycles. The average Bonchev–Trinajstić information content (AvgIpc) is 3.84. The molecule has 2 aliphatic heterocycles. The Hall–Kier alpha value is -5.44. The van der Waals surface area contributed by atoms with E-state index in [4.69, 9.17) is 4.74 Å². The largest absolute Gasteiger partial charge is 0.420 e. The standard InChI is InChI=1S/C36H40F2N6O7/c1-36(2,3)30(32-40-27(25-19-24(37)11-12-26(25)38)21-43(32)20-23-9-5-4-6-10-23)31(47)33(48)39-22-42(17-18-44-28(45)13-14-29(44)46)35(50)51-34(49)41-15-7-8-16-41/h4-6,9-14,19,21,30-31,47H,7-8,15-18,20,22H2,1-3H3,(H,39,48)/t30-,31?/m0/s1. The van der Waals surface area contributed by atoms with Crippen LogP contribution in [0.4, 0.5) is 18.4 Å². The molecule has 1 fully saturated rings. The van der Waals surface area contributed by atoms with Gasteiger partial charge in [0.1, 0.15) is 23.6 Å². The summed E-state index contributed by atoms with van der Waals surface area (Å²) in [4.78, 5) is 71.5. The second kappa shape index (κ2) is 15.6. The number of amides is 5. The molecule has 2 N–H and O–H groups in total. The van der Waals surface area contributed by atoms with Crippen molar-refractivity contribution in [3.05, 3.63) is 89.9 Å². The summed E-state index contributed by atoms with van der Waals surface area (Å²) in [6.45, 7) is 5.30. The third kappa shape index (κ3) is 8.84. The molecule has 13 nitrogen and oxygen atoms in total. The van der Waals surface area contributed by atoms with Crippen LogP contribution >= 0.6 is 0 Å². The summed E-state index contributed by atoms with van der Waals surface area (Å²) >= 11 is 0. The predicted octanol–water partition coefficient (Wildman–Crippen LogP) is 4.02. The van der Waals surface area contributed by atoms with Crippen molar-refractivity contribution in [3.63, 3.8) is 0 Å². The van der Waals surface area contributed by atoms with Gasteiger partial charge in [0.25, 0.3) is 17.7 Å². The molecular weight excluding hydrogens is 666 g/mol. The SMILES string of the molecule is CC(C)(C)[C@H](c1nc(-c2cc(F)ccc2F)cn1Cc1ccccc1)C(O)C(=O)NCN(CCN1C(=O)C=CC1=O)C(=O)OC(=O)N1CCCC1. The zero-order chi connectivity index (χ0) is 36.9. The number of benzene rings is 2. The highest BCUT2D eigenvalue weighted by molar-refractivity contribution is 6.12. The molecule has 5 rings (SSSR count). The number of hydrogen-bond donors (Lipinski definition) is 2. The number of ether oxygens (including phenoxy) is 1. The number of imidazole rings is 1. The summed E-state index contributed by atoms with van der Waals surface area (Å²) in [6.07, 6.45) is 1.45. The van der Waals surface area contributed by atoms with Crippen LogP contribution in [0.3, 0.4) is 0 Å². The highest BCUT2D eigenvalue weighted by atomic mass is 19.1. The number of aliphatic hydroxyl groups is 1. The van der Waals surface area contributed by atoms with E-state index < -0.39 is 65.6 Å². The Balaban J connectivity index is 1.40. The molecule has 3 aromatic rings. The van der Waals surface area contributed by atoms with Crippen LogP contribution in [-0.2, 0) is 25.7 Å². The van der Waals surface area contributed by atoms with Crippen molar-refractivity contribution in [1.29, 1.82) is 0 Å². The molecule has 1 saturated heterocycles. The predicted molar refractivity (Wildman–Crippen MR) is 180 cm³/mol. The van der Waals surface area contributed by atoms with Crippen molar-refractivity contribution in [2.45, 2.75) is 52.2 Å². The molecule has 2 aromatic carbocycles. The number of carbonyl (C=O) groups is 5. The van der Waals surface area contributed by atoms with Crippen molar-refractivity contribution in [3.8, 4) is 11.3 Å². The molecule has 0 spiro atoms. The fourth-order valence-electron chi connectivity index (χ4n) is 6.05. The van der Waals surface area contributed by atoms with Crippen LogP contribution in [0, 0.1) is 17.0 Å². The van der Waals surface area contributed by atoms with Crippen molar-refractivity contribution in [2.75, 3.05) is 32.8 Å². The van der Waals surface area contributed by atoms with Gasteiger partial charge >= 0.3 is 12.2 Å². The number of imide groups is 1. The number of rotatable bonds is 11. The van der Waals surface area contributed by atoms with Crippen LogP contribution in [0.15, 0.2) is 66.9 Å². The second-order valence-electron chi connectivity index (χ2n) is 13.5. The minimum atomic E-state index is -1.78. The molecule has 5 amide bonds. The summed E-state index contributed by atoms with van der Waals surface area (Å²) in [7, 11) is 0. The van der Waals surface area contributed by atoms with Gasteiger partial charge in [0.2, 0.25) is 0 Å². The van der Waals surface area contributed by atoms with Crippen molar-refractivity contribution in [1.82, 2.24) is 29.6 Å². The van der Waals surface area contributed by atoms with Gasteiger partial charge in [-0.15, -0.1) is 0 Å². The summed E-state index contributed by atoms with van der Waals surface area (Å²) in [5.74, 6) is -4.26. The zero-order valence-corrected chi connectivity index (χ0v) is 28.6. The lowest BCUT2D eigenvalue weighted by atomic mass is 9.76. The van der Waals surface area contributed by atoms with Gasteiger partial charge in [-0.3, -0.25) is 24.2 Å². The van der Waals surface area contributed by atoms with Gasteiger partial charge in [-0.1, -0.05) is 51.1 Å². The molecule has 15 heteroatoms. The normalized spacial score (nSPS) is 15.6. The van der Waals surface area contributed by atoms with Crippen LogP contribution in [-0.4, -0.2) is 98.2 Å². The molecule has 0 bridgehead atoms. The van der Waals surface area contributed by atoms with E-state index in [1.807, 2.05) is 30.3 Å². The molecule has 2 aliphatic rings. The third-order valence-electron chi connectivity index (χ3n) is 8.74. The first-order chi connectivity index (χ1) is 24.2. The molecule has 0 saturated carbocycles. The van der Waals surface area contributed by atoms with E-state index in [9.17, 15) is 37.9 Å². The fraction of sp³-hybridized carbons (Fsp3) is 0.389. The Kier molecular flexibility index (Phi) is 11.3. The first-order valence-corrected chi connectivity index (χ1v) is 16.5. The minimum absolute atomic E-state index is 0.0943. The lowest BCUT2D eigenvalue weighted by Gasteiger charge is -2.34. The molecule has 1 unspecified atom stereocenters. The van der Waals surface area contributed by atoms with Crippen molar-refractivity contribution < 1.29 is 42.6 Å². The van der Waals surface area contributed by atoms with E-state index in [0.29, 0.717) is 13.1 Å². The van der Waals surface area contributed by atoms with Crippen molar-refractivity contribution in [2.24, 2.45) is 5.41 Å². The van der Waals surface area contributed by atoms with Crippen LogP contribution < -0.4 is 5.32 Å². The Morgan fingerprint density at radius 1 is 1.02 bits per heavy atom. The second-order valence-corrected chi connectivity index (χ2v) is 13.5. The number of hydrogen-bond acceptors (Lipinski definition) is 8. The Morgan fingerprint density at radius 2 is 1.69 bits per heavy atom. The first-order valence-electron chi connectivity index (χ1n) is 16.5. The van der Waals surface area contributed by atoms with E-state index in [1.54, 1.807) is 25.3 Å². The Labute approximate surface area is 293 Å². The summed E-state index contributed by atoms with van der Waals surface area (Å²) in [5, 5.41) is 14.2. The summed E-state index contributed by atoms with van der Waals surface area (Å²) < 4.78 is 35.9. The number of aromatic nitrogens is 2. The molecule has 2 atom stereocenters. The summed E-state index contributed by atoms with van der Waals surface area (Å²) in [5.41, 5.74) is 0.00425. The number of carbonyl (C=O) groups excluding carboxylic acids is 5. The molecule has 270 valence electrons. The highest BCUT2D eigenvalue weighted by Crippen LogP contribution is 2.39. The quantitative estimate of drug-likeness (QED) is 0.172. The van der Waals surface area contributed by atoms with Crippen LogP contribution in [0.1, 0.15) is 50.9 Å². The van der Waals surface area contributed by atoms with Crippen LogP contribution in [0.25, 0.3) is 11.3 Å². The zero-order valence-electron chi connectivity index (χ0n) is 28.6. The van der Waals surface area contributed by atoms with Gasteiger partial charge in [-0.25, -0.2) is 23.4 Å².